The normalized spacial score (nSPS) is 21.5. The number of nitrogens with zero attached hydrogens (tertiary/aromatic N) is 2. The zero-order chi connectivity index (χ0) is 9.26. The Balaban J connectivity index is 2.22. The SMILES string of the molecule is CC[C@H]1CCc2c(cnn2CC)C1. The number of aryl methyl sites for hydroxylation is 1. The fourth-order valence-corrected chi connectivity index (χ4v) is 2.28. The first-order chi connectivity index (χ1) is 6.35. The summed E-state index contributed by atoms with van der Waals surface area (Å²) < 4.78 is 2.15. The highest BCUT2D eigenvalue weighted by molar-refractivity contribution is 5.21. The molecule has 1 aliphatic rings. The van der Waals surface area contributed by atoms with Crippen LogP contribution < -0.4 is 0 Å². The molecule has 0 radical (unpaired) electrons. The maximum atomic E-state index is 4.40. The van der Waals surface area contributed by atoms with Crippen LogP contribution in [0.2, 0.25) is 0 Å². The second kappa shape index (κ2) is 3.52. The van der Waals surface area contributed by atoms with Gasteiger partial charge in [0.2, 0.25) is 0 Å². The van der Waals surface area contributed by atoms with Crippen molar-refractivity contribution in [2.24, 2.45) is 5.92 Å². The van der Waals surface area contributed by atoms with Crippen LogP contribution in [0.4, 0.5) is 0 Å². The average molecular weight is 178 g/mol. The van der Waals surface area contributed by atoms with Crippen molar-refractivity contribution in [1.82, 2.24) is 9.78 Å². The first-order valence-corrected chi connectivity index (χ1v) is 5.38. The molecule has 0 unspecified atom stereocenters. The van der Waals surface area contributed by atoms with E-state index < -0.39 is 0 Å². The Kier molecular flexibility index (Phi) is 2.38. The van der Waals surface area contributed by atoms with Gasteiger partial charge in [0.1, 0.15) is 0 Å². The van der Waals surface area contributed by atoms with Gasteiger partial charge in [0, 0.05) is 12.2 Å². The smallest absolute Gasteiger partial charge is 0.0524 e. The van der Waals surface area contributed by atoms with Crippen molar-refractivity contribution in [2.75, 3.05) is 0 Å². The van der Waals surface area contributed by atoms with Crippen LogP contribution in [0.15, 0.2) is 6.20 Å². The summed E-state index contributed by atoms with van der Waals surface area (Å²) in [5.74, 6) is 0.905. The molecule has 1 aromatic heterocycles. The molecule has 0 fully saturated rings. The van der Waals surface area contributed by atoms with Crippen LogP contribution in [0.1, 0.15) is 37.9 Å². The first-order valence-electron chi connectivity index (χ1n) is 5.38. The van der Waals surface area contributed by atoms with Crippen LogP contribution in [-0.4, -0.2) is 9.78 Å². The van der Waals surface area contributed by atoms with Crippen LogP contribution in [0.5, 0.6) is 0 Å². The lowest BCUT2D eigenvalue weighted by Gasteiger charge is -2.21. The van der Waals surface area contributed by atoms with Crippen LogP contribution in [0.3, 0.4) is 0 Å². The van der Waals surface area contributed by atoms with E-state index >= 15 is 0 Å². The average Bonchev–Trinajstić information content (AvgIpc) is 2.59. The van der Waals surface area contributed by atoms with Crippen LogP contribution in [0, 0.1) is 5.92 Å². The Hall–Kier alpha value is -0.790. The van der Waals surface area contributed by atoms with E-state index in [0.717, 1.165) is 12.5 Å². The van der Waals surface area contributed by atoms with Crippen LogP contribution in [-0.2, 0) is 19.4 Å². The molecule has 0 saturated heterocycles. The molecular weight excluding hydrogens is 160 g/mol. The number of aromatic nitrogens is 2. The number of rotatable bonds is 2. The molecule has 0 bridgehead atoms. The maximum Gasteiger partial charge on any atom is 0.0524 e. The van der Waals surface area contributed by atoms with Gasteiger partial charge < -0.3 is 0 Å². The largest absolute Gasteiger partial charge is 0.270 e. The molecule has 0 saturated carbocycles. The molecule has 2 nitrogen and oxygen atoms in total. The summed E-state index contributed by atoms with van der Waals surface area (Å²) in [7, 11) is 0. The predicted molar refractivity (Wildman–Crippen MR) is 53.7 cm³/mol. The lowest BCUT2D eigenvalue weighted by Crippen LogP contribution is -2.15. The number of hydrogen-bond donors (Lipinski definition) is 0. The van der Waals surface area contributed by atoms with Crippen molar-refractivity contribution >= 4 is 0 Å². The van der Waals surface area contributed by atoms with Crippen molar-refractivity contribution in [1.29, 1.82) is 0 Å². The Morgan fingerprint density at radius 3 is 3.08 bits per heavy atom. The molecule has 1 aromatic rings. The highest BCUT2D eigenvalue weighted by atomic mass is 15.3. The molecule has 0 N–H and O–H groups in total. The highest BCUT2D eigenvalue weighted by Gasteiger charge is 2.20. The fourth-order valence-electron chi connectivity index (χ4n) is 2.28. The minimum atomic E-state index is 0.905. The Morgan fingerprint density at radius 2 is 2.38 bits per heavy atom. The van der Waals surface area contributed by atoms with E-state index in [2.05, 4.69) is 29.8 Å². The second-order valence-electron chi connectivity index (χ2n) is 3.95. The molecule has 1 atom stereocenters. The topological polar surface area (TPSA) is 17.8 Å². The third-order valence-electron chi connectivity index (χ3n) is 3.21. The van der Waals surface area contributed by atoms with Gasteiger partial charge in [-0.1, -0.05) is 13.3 Å². The van der Waals surface area contributed by atoms with Gasteiger partial charge in [-0.2, -0.15) is 5.10 Å². The van der Waals surface area contributed by atoms with E-state index in [1.165, 1.54) is 36.9 Å². The lowest BCUT2D eigenvalue weighted by molar-refractivity contribution is 0.432. The van der Waals surface area contributed by atoms with E-state index in [0.29, 0.717) is 0 Å². The van der Waals surface area contributed by atoms with E-state index in [9.17, 15) is 0 Å². The van der Waals surface area contributed by atoms with Crippen molar-refractivity contribution in [2.45, 2.75) is 46.1 Å². The van der Waals surface area contributed by atoms with Gasteiger partial charge in [-0.25, -0.2) is 0 Å². The second-order valence-corrected chi connectivity index (χ2v) is 3.95. The van der Waals surface area contributed by atoms with E-state index in [4.69, 9.17) is 0 Å². The molecule has 0 amide bonds. The maximum absolute atomic E-state index is 4.40. The molecule has 1 aliphatic carbocycles. The Bertz CT molecular complexity index is 288. The zero-order valence-corrected chi connectivity index (χ0v) is 8.58. The lowest BCUT2D eigenvalue weighted by atomic mass is 9.86. The van der Waals surface area contributed by atoms with Gasteiger partial charge in [-0.15, -0.1) is 0 Å². The first kappa shape index (κ1) is 8.79. The third kappa shape index (κ3) is 1.50. The van der Waals surface area contributed by atoms with E-state index in [1.54, 1.807) is 0 Å². The zero-order valence-electron chi connectivity index (χ0n) is 8.58. The minimum absolute atomic E-state index is 0.905. The van der Waals surface area contributed by atoms with Gasteiger partial charge in [-0.3, -0.25) is 4.68 Å². The molecule has 72 valence electrons. The Morgan fingerprint density at radius 1 is 1.54 bits per heavy atom. The number of fused-ring (bicyclic) bond motifs is 1. The van der Waals surface area contributed by atoms with Crippen molar-refractivity contribution < 1.29 is 0 Å². The van der Waals surface area contributed by atoms with Crippen LogP contribution in [0.25, 0.3) is 0 Å². The van der Waals surface area contributed by atoms with E-state index in [1.807, 2.05) is 0 Å². The summed E-state index contributed by atoms with van der Waals surface area (Å²) >= 11 is 0. The molecule has 13 heavy (non-hydrogen) atoms. The van der Waals surface area contributed by atoms with Gasteiger partial charge in [0.05, 0.1) is 6.20 Å². The van der Waals surface area contributed by atoms with Gasteiger partial charge in [0.15, 0.2) is 0 Å². The minimum Gasteiger partial charge on any atom is -0.270 e. The summed E-state index contributed by atoms with van der Waals surface area (Å²) in [4.78, 5) is 0. The van der Waals surface area contributed by atoms with Gasteiger partial charge >= 0.3 is 0 Å². The van der Waals surface area contributed by atoms with Gasteiger partial charge in [0.25, 0.3) is 0 Å². The van der Waals surface area contributed by atoms with Crippen molar-refractivity contribution in [3.8, 4) is 0 Å². The van der Waals surface area contributed by atoms with Gasteiger partial charge in [-0.05, 0) is 37.7 Å². The highest BCUT2D eigenvalue weighted by Crippen LogP contribution is 2.26. The third-order valence-corrected chi connectivity index (χ3v) is 3.21. The summed E-state index contributed by atoms with van der Waals surface area (Å²) in [5.41, 5.74) is 2.99. The molecule has 1 heterocycles. The number of hydrogen-bond acceptors (Lipinski definition) is 1. The van der Waals surface area contributed by atoms with E-state index in [-0.39, 0.29) is 0 Å². The summed E-state index contributed by atoms with van der Waals surface area (Å²) in [6, 6.07) is 0. The Labute approximate surface area is 80.0 Å². The van der Waals surface area contributed by atoms with Crippen molar-refractivity contribution in [3.63, 3.8) is 0 Å². The fraction of sp³-hybridized carbons (Fsp3) is 0.727. The summed E-state index contributed by atoms with van der Waals surface area (Å²) in [5, 5.41) is 4.40. The molecule has 2 rings (SSSR count). The molecular formula is C11H18N2. The predicted octanol–water partition coefficient (Wildman–Crippen LogP) is 2.42. The molecule has 0 aromatic carbocycles. The monoisotopic (exact) mass is 178 g/mol. The van der Waals surface area contributed by atoms with Crippen LogP contribution >= 0.6 is 0 Å². The summed E-state index contributed by atoms with van der Waals surface area (Å²) in [6.45, 7) is 5.48. The molecule has 2 heteroatoms. The standard InChI is InChI=1S/C11H18N2/c1-3-9-5-6-11-10(7-9)8-12-13(11)4-2/h8-9H,3-7H2,1-2H3/t9-/m0/s1. The summed E-state index contributed by atoms with van der Waals surface area (Å²) in [6.07, 6.45) is 7.24. The quantitative estimate of drug-likeness (QED) is 0.680. The molecule has 0 spiro atoms. The van der Waals surface area contributed by atoms with Crippen molar-refractivity contribution in [3.05, 3.63) is 17.5 Å². The molecule has 0 aliphatic heterocycles.